The van der Waals surface area contributed by atoms with Crippen LogP contribution in [0, 0.1) is 0 Å². The third kappa shape index (κ3) is 4.80. The fourth-order valence-corrected chi connectivity index (χ4v) is 4.33. The molecule has 0 bridgehead atoms. The molecule has 1 heterocycles. The molecule has 1 aliphatic carbocycles. The minimum atomic E-state index is -1.08. The van der Waals surface area contributed by atoms with E-state index in [9.17, 15) is 19.2 Å². The molecule has 3 N–H and O–H groups in total. The number of primary amides is 1. The maximum atomic E-state index is 12.4. The highest BCUT2D eigenvalue weighted by Gasteiger charge is 2.27. The van der Waals surface area contributed by atoms with Gasteiger partial charge in [-0.2, -0.15) is 0 Å². The summed E-state index contributed by atoms with van der Waals surface area (Å²) < 4.78 is 10.4. The van der Waals surface area contributed by atoms with Gasteiger partial charge in [-0.15, -0.1) is 11.3 Å². The van der Waals surface area contributed by atoms with Gasteiger partial charge in [0.2, 0.25) is 0 Å². The second kappa shape index (κ2) is 8.87. The summed E-state index contributed by atoms with van der Waals surface area (Å²) >= 11 is 1.33. The van der Waals surface area contributed by atoms with Crippen LogP contribution in [0.2, 0.25) is 0 Å². The first-order chi connectivity index (χ1) is 13.9. The maximum absolute atomic E-state index is 12.4. The van der Waals surface area contributed by atoms with E-state index in [0.717, 1.165) is 29.7 Å². The van der Waals surface area contributed by atoms with Crippen LogP contribution in [-0.4, -0.2) is 36.8 Å². The largest absolute Gasteiger partial charge is 0.482 e. The Morgan fingerprint density at radius 1 is 1.24 bits per heavy atom. The average Bonchev–Trinajstić information content (AvgIpc) is 3.27. The Balaban J connectivity index is 1.54. The number of rotatable bonds is 8. The number of nitrogens with one attached hydrogen (secondary N) is 1. The van der Waals surface area contributed by atoms with Gasteiger partial charge in [0.25, 0.3) is 11.8 Å². The third-order valence-corrected chi connectivity index (χ3v) is 5.66. The molecule has 1 aromatic heterocycles. The number of carbonyl (C=O) groups excluding carboxylic acids is 4. The smallest absolute Gasteiger partial charge is 0.344 e. The summed E-state index contributed by atoms with van der Waals surface area (Å²) in [4.78, 5) is 47.8. The zero-order chi connectivity index (χ0) is 21.0. The summed E-state index contributed by atoms with van der Waals surface area (Å²) in [6, 6.07) is 6.21. The number of benzene rings is 1. The van der Waals surface area contributed by atoms with Crippen molar-refractivity contribution in [3.05, 3.63) is 45.8 Å². The van der Waals surface area contributed by atoms with Crippen LogP contribution >= 0.6 is 11.3 Å². The minimum absolute atomic E-state index is 0.344. The Kier molecular flexibility index (Phi) is 6.28. The molecule has 0 radical (unpaired) electrons. The van der Waals surface area contributed by atoms with E-state index in [1.54, 1.807) is 24.3 Å². The molecule has 0 saturated heterocycles. The number of fused-ring (bicyclic) bond motifs is 1. The highest BCUT2D eigenvalue weighted by molar-refractivity contribution is 7.17. The number of aldehydes is 1. The fourth-order valence-electron chi connectivity index (χ4n) is 3.04. The Morgan fingerprint density at radius 3 is 2.62 bits per heavy atom. The zero-order valence-electron chi connectivity index (χ0n) is 15.7. The number of carbonyl (C=O) groups is 4. The summed E-state index contributed by atoms with van der Waals surface area (Å²) in [6.07, 6.45) is 2.19. The highest BCUT2D eigenvalue weighted by atomic mass is 32.1. The summed E-state index contributed by atoms with van der Waals surface area (Å²) in [6.45, 7) is 1.04. The Bertz CT molecular complexity index is 951. The molecule has 2 aromatic rings. The van der Waals surface area contributed by atoms with Crippen LogP contribution in [-0.2, 0) is 27.2 Å². The van der Waals surface area contributed by atoms with Crippen LogP contribution in [0.15, 0.2) is 24.3 Å². The maximum Gasteiger partial charge on any atom is 0.344 e. The summed E-state index contributed by atoms with van der Waals surface area (Å²) in [7, 11) is 0. The topological polar surface area (TPSA) is 125 Å². The quantitative estimate of drug-likeness (QED) is 0.501. The lowest BCUT2D eigenvalue weighted by atomic mass is 10.1. The van der Waals surface area contributed by atoms with E-state index in [1.165, 1.54) is 18.3 Å². The van der Waals surface area contributed by atoms with Crippen molar-refractivity contribution in [2.45, 2.75) is 32.3 Å². The molecule has 8 nitrogen and oxygen atoms in total. The van der Waals surface area contributed by atoms with Gasteiger partial charge < -0.3 is 20.5 Å². The molecule has 29 heavy (non-hydrogen) atoms. The van der Waals surface area contributed by atoms with E-state index in [4.69, 9.17) is 15.2 Å². The first-order valence-corrected chi connectivity index (χ1v) is 9.83. The van der Waals surface area contributed by atoms with E-state index in [0.29, 0.717) is 28.2 Å². The zero-order valence-corrected chi connectivity index (χ0v) is 16.5. The van der Waals surface area contributed by atoms with E-state index < -0.39 is 30.5 Å². The summed E-state index contributed by atoms with van der Waals surface area (Å²) in [5.41, 5.74) is 7.20. The van der Waals surface area contributed by atoms with Crippen molar-refractivity contribution in [3.63, 3.8) is 0 Å². The number of amides is 2. The van der Waals surface area contributed by atoms with Crippen molar-refractivity contribution in [2.75, 3.05) is 11.9 Å². The van der Waals surface area contributed by atoms with Crippen molar-refractivity contribution in [1.82, 2.24) is 0 Å². The second-order valence-corrected chi connectivity index (χ2v) is 7.63. The summed E-state index contributed by atoms with van der Waals surface area (Å²) in [5, 5.41) is 3.03. The van der Waals surface area contributed by atoms with Crippen molar-refractivity contribution < 1.29 is 28.7 Å². The molecular weight excluding hydrogens is 396 g/mol. The third-order valence-electron chi connectivity index (χ3n) is 4.45. The lowest BCUT2D eigenvalue weighted by molar-refractivity contribution is -0.155. The molecule has 0 saturated carbocycles. The predicted octanol–water partition coefficient (Wildman–Crippen LogP) is 2.10. The van der Waals surface area contributed by atoms with Crippen LogP contribution in [0.25, 0.3) is 0 Å². The molecular formula is C20H20N2O6S. The number of thiophene rings is 1. The minimum Gasteiger partial charge on any atom is -0.482 e. The lowest BCUT2D eigenvalue weighted by Crippen LogP contribution is -2.32. The van der Waals surface area contributed by atoms with Crippen molar-refractivity contribution in [1.29, 1.82) is 0 Å². The van der Waals surface area contributed by atoms with Gasteiger partial charge >= 0.3 is 5.97 Å². The van der Waals surface area contributed by atoms with Crippen molar-refractivity contribution in [2.24, 2.45) is 5.73 Å². The normalized spacial score (nSPS) is 13.3. The Labute approximate surface area is 171 Å². The van der Waals surface area contributed by atoms with E-state index >= 15 is 0 Å². The summed E-state index contributed by atoms with van der Waals surface area (Å²) in [5.74, 6) is -1.48. The van der Waals surface area contributed by atoms with Crippen LogP contribution in [0.1, 0.15) is 44.5 Å². The van der Waals surface area contributed by atoms with Gasteiger partial charge in [-0.25, -0.2) is 4.79 Å². The average molecular weight is 416 g/mol. The predicted molar refractivity (Wildman–Crippen MR) is 106 cm³/mol. The van der Waals surface area contributed by atoms with Gasteiger partial charge in [-0.05, 0) is 56.0 Å². The molecule has 0 spiro atoms. The number of hydrogen-bond donors (Lipinski definition) is 2. The van der Waals surface area contributed by atoms with E-state index in [1.807, 2.05) is 0 Å². The number of hydrogen-bond acceptors (Lipinski definition) is 7. The SMILES string of the molecule is C[C@@H](OC(=O)COc1ccc(C=O)cc1)C(=O)Nc1sc2c(c1C(N)=O)CCC2. The number of aryl methyl sites for hydroxylation is 1. The fraction of sp³-hybridized carbons (Fsp3) is 0.300. The lowest BCUT2D eigenvalue weighted by Gasteiger charge is -2.14. The van der Waals surface area contributed by atoms with Gasteiger partial charge in [0.05, 0.1) is 5.56 Å². The number of esters is 1. The van der Waals surface area contributed by atoms with Crippen molar-refractivity contribution >= 4 is 40.4 Å². The molecule has 1 aromatic carbocycles. The monoisotopic (exact) mass is 416 g/mol. The molecule has 0 unspecified atom stereocenters. The first-order valence-electron chi connectivity index (χ1n) is 9.01. The number of nitrogens with two attached hydrogens (primary N) is 1. The van der Waals surface area contributed by atoms with Gasteiger partial charge in [-0.3, -0.25) is 14.4 Å². The standard InChI is InChI=1S/C20H20N2O6S/c1-11(28-16(24)10-27-13-7-5-12(9-23)6-8-13)19(26)22-20-17(18(21)25)14-3-2-4-15(14)29-20/h5-9,11H,2-4,10H2,1H3,(H2,21,25)(H,22,26)/t11-/m1/s1. The molecule has 2 amide bonds. The van der Waals surface area contributed by atoms with E-state index in [-0.39, 0.29) is 0 Å². The molecule has 152 valence electrons. The molecule has 1 atom stereocenters. The highest BCUT2D eigenvalue weighted by Crippen LogP contribution is 2.38. The van der Waals surface area contributed by atoms with Gasteiger partial charge in [-0.1, -0.05) is 0 Å². The van der Waals surface area contributed by atoms with Gasteiger partial charge in [0, 0.05) is 10.4 Å². The van der Waals surface area contributed by atoms with Gasteiger partial charge in [0.15, 0.2) is 12.7 Å². The Morgan fingerprint density at radius 2 is 1.97 bits per heavy atom. The van der Waals surface area contributed by atoms with E-state index in [2.05, 4.69) is 5.32 Å². The molecule has 3 rings (SSSR count). The molecule has 9 heteroatoms. The van der Waals surface area contributed by atoms with Crippen molar-refractivity contribution in [3.8, 4) is 5.75 Å². The van der Waals surface area contributed by atoms with Gasteiger partial charge in [0.1, 0.15) is 17.0 Å². The molecule has 0 aliphatic heterocycles. The number of ether oxygens (including phenoxy) is 2. The second-order valence-electron chi connectivity index (χ2n) is 6.52. The van der Waals surface area contributed by atoms with Crippen LogP contribution in [0.5, 0.6) is 5.75 Å². The number of anilines is 1. The van der Waals surface area contributed by atoms with Crippen LogP contribution in [0.3, 0.4) is 0 Å². The van der Waals surface area contributed by atoms with Crippen LogP contribution < -0.4 is 15.8 Å². The molecule has 0 fully saturated rings. The first kappa shape index (κ1) is 20.5. The van der Waals surface area contributed by atoms with Crippen LogP contribution in [0.4, 0.5) is 5.00 Å². The Hall–Kier alpha value is -3.20. The molecule has 1 aliphatic rings.